The van der Waals surface area contributed by atoms with E-state index in [1.807, 2.05) is 0 Å². The third-order valence-electron chi connectivity index (χ3n) is 6.70. The second-order valence-corrected chi connectivity index (χ2v) is 9.50. The van der Waals surface area contributed by atoms with Crippen molar-refractivity contribution in [1.82, 2.24) is 5.32 Å². The monoisotopic (exact) mass is 515 g/mol. The zero-order chi connectivity index (χ0) is 24.9. The summed E-state index contributed by atoms with van der Waals surface area (Å²) in [6.45, 7) is 1.69. The molecule has 5 rings (SSSR count). The highest BCUT2D eigenvalue weighted by atomic mass is 35.5. The minimum absolute atomic E-state index is 0.0928. The van der Waals surface area contributed by atoms with Crippen molar-refractivity contribution in [3.8, 4) is 5.75 Å². The van der Waals surface area contributed by atoms with E-state index in [4.69, 9.17) is 27.9 Å². The lowest BCUT2D eigenvalue weighted by Gasteiger charge is -2.25. The first-order valence-corrected chi connectivity index (χ1v) is 11.7. The van der Waals surface area contributed by atoms with Gasteiger partial charge in [0.25, 0.3) is 11.9 Å². The Labute approximate surface area is 210 Å². The lowest BCUT2D eigenvalue weighted by Crippen LogP contribution is -2.54. The first-order chi connectivity index (χ1) is 16.7. The average Bonchev–Trinajstić information content (AvgIpc) is 3.28. The van der Waals surface area contributed by atoms with Gasteiger partial charge in [-0.2, -0.15) is 0 Å². The molecule has 7 nitrogen and oxygen atoms in total. The highest BCUT2D eigenvalue weighted by Crippen LogP contribution is 2.50. The minimum atomic E-state index is -1.54. The van der Waals surface area contributed by atoms with Gasteiger partial charge in [-0.25, -0.2) is 4.39 Å². The molecule has 4 atom stereocenters. The molecule has 2 heterocycles. The summed E-state index contributed by atoms with van der Waals surface area (Å²) < 4.78 is 19.6. The normalized spacial score (nSPS) is 24.9. The Balaban J connectivity index is 1.52. The SMILES string of the molecule is C[C@@H]1N[C@]2(C(=O)Nc3ccccc32)[C@H]([N+](=O)[O-])[C@H]1c1cc(Cl)c(OCc2ccccc2F)c(Cl)c1. The second kappa shape index (κ2) is 8.78. The van der Waals surface area contributed by atoms with Crippen LogP contribution in [0.1, 0.15) is 29.5 Å². The molecule has 0 aromatic heterocycles. The maximum atomic E-state index is 14.0. The van der Waals surface area contributed by atoms with Crippen molar-refractivity contribution < 1.29 is 18.8 Å². The molecule has 0 unspecified atom stereocenters. The number of anilines is 1. The molecule has 180 valence electrons. The van der Waals surface area contributed by atoms with Crippen LogP contribution in [-0.2, 0) is 16.9 Å². The van der Waals surface area contributed by atoms with Crippen LogP contribution in [0.3, 0.4) is 0 Å². The molecule has 10 heteroatoms. The van der Waals surface area contributed by atoms with Crippen LogP contribution in [0.25, 0.3) is 0 Å². The van der Waals surface area contributed by atoms with Crippen molar-refractivity contribution in [1.29, 1.82) is 0 Å². The lowest BCUT2D eigenvalue weighted by atomic mass is 9.78. The number of nitrogens with one attached hydrogen (secondary N) is 2. The number of hydrogen-bond acceptors (Lipinski definition) is 5. The summed E-state index contributed by atoms with van der Waals surface area (Å²) in [5, 5.41) is 18.7. The molecule has 1 fully saturated rings. The molecule has 3 aromatic rings. The van der Waals surface area contributed by atoms with Gasteiger partial charge in [0.15, 0.2) is 11.3 Å². The zero-order valence-electron chi connectivity index (χ0n) is 18.4. The van der Waals surface area contributed by atoms with Gasteiger partial charge in [-0.1, -0.05) is 59.6 Å². The number of nitro groups is 1. The third kappa shape index (κ3) is 3.73. The van der Waals surface area contributed by atoms with Gasteiger partial charge >= 0.3 is 0 Å². The lowest BCUT2D eigenvalue weighted by molar-refractivity contribution is -0.532. The van der Waals surface area contributed by atoms with Gasteiger partial charge in [0.05, 0.1) is 16.0 Å². The Morgan fingerprint density at radius 3 is 2.46 bits per heavy atom. The van der Waals surface area contributed by atoms with Crippen molar-refractivity contribution in [2.75, 3.05) is 5.32 Å². The number of carbonyl (C=O) groups is 1. The van der Waals surface area contributed by atoms with Gasteiger partial charge in [-0.3, -0.25) is 20.2 Å². The summed E-state index contributed by atoms with van der Waals surface area (Å²) in [4.78, 5) is 25.2. The van der Waals surface area contributed by atoms with Crippen LogP contribution in [-0.4, -0.2) is 22.9 Å². The van der Waals surface area contributed by atoms with E-state index in [1.165, 1.54) is 6.07 Å². The predicted molar refractivity (Wildman–Crippen MR) is 130 cm³/mol. The Morgan fingerprint density at radius 2 is 1.77 bits per heavy atom. The number of halogens is 3. The Hall–Kier alpha value is -3.20. The van der Waals surface area contributed by atoms with E-state index in [0.717, 1.165) is 0 Å². The fourth-order valence-electron chi connectivity index (χ4n) is 5.23. The van der Waals surface area contributed by atoms with Crippen molar-refractivity contribution in [3.63, 3.8) is 0 Å². The average molecular weight is 516 g/mol. The number of para-hydroxylation sites is 1. The predicted octanol–water partition coefficient (Wildman–Crippen LogP) is 5.28. The third-order valence-corrected chi connectivity index (χ3v) is 7.26. The molecule has 35 heavy (non-hydrogen) atoms. The van der Waals surface area contributed by atoms with Gasteiger partial charge in [0.2, 0.25) is 0 Å². The molecule has 0 bridgehead atoms. The van der Waals surface area contributed by atoms with Crippen molar-refractivity contribution in [2.24, 2.45) is 0 Å². The minimum Gasteiger partial charge on any atom is -0.486 e. The van der Waals surface area contributed by atoms with Gasteiger partial charge in [0, 0.05) is 27.8 Å². The van der Waals surface area contributed by atoms with Crippen LogP contribution in [0, 0.1) is 15.9 Å². The van der Waals surface area contributed by atoms with Crippen molar-refractivity contribution in [3.05, 3.63) is 103 Å². The summed E-state index contributed by atoms with van der Waals surface area (Å²) in [5.41, 5.74) is 0.358. The van der Waals surface area contributed by atoms with Gasteiger partial charge < -0.3 is 10.1 Å². The summed E-state index contributed by atoms with van der Waals surface area (Å²) in [7, 11) is 0. The topological polar surface area (TPSA) is 93.5 Å². The van der Waals surface area contributed by atoms with Crippen LogP contribution in [0.2, 0.25) is 10.0 Å². The highest BCUT2D eigenvalue weighted by molar-refractivity contribution is 6.37. The number of benzene rings is 3. The smallest absolute Gasteiger partial charge is 0.256 e. The van der Waals surface area contributed by atoms with Gasteiger partial charge in [0.1, 0.15) is 12.4 Å². The number of rotatable bonds is 5. The van der Waals surface area contributed by atoms with E-state index in [9.17, 15) is 19.3 Å². The van der Waals surface area contributed by atoms with Crippen LogP contribution in [0.5, 0.6) is 5.75 Å². The maximum absolute atomic E-state index is 14.0. The fourth-order valence-corrected chi connectivity index (χ4v) is 5.84. The number of amides is 1. The largest absolute Gasteiger partial charge is 0.486 e. The molecule has 0 radical (unpaired) electrons. The molecule has 2 aliphatic rings. The van der Waals surface area contributed by atoms with E-state index in [2.05, 4.69) is 10.6 Å². The zero-order valence-corrected chi connectivity index (χ0v) is 19.9. The summed E-state index contributed by atoms with van der Waals surface area (Å²) in [5.74, 6) is -1.47. The van der Waals surface area contributed by atoms with Gasteiger partial charge in [-0.15, -0.1) is 0 Å². The molecule has 0 aliphatic carbocycles. The number of fused-ring (bicyclic) bond motifs is 2. The first kappa shape index (κ1) is 23.5. The van der Waals surface area contributed by atoms with Crippen molar-refractivity contribution in [2.45, 2.75) is 37.1 Å². The second-order valence-electron chi connectivity index (χ2n) is 8.69. The standard InChI is InChI=1S/C25H20Cl2FN3O4/c1-13-21(23(31(33)34)25(30-13)16-7-3-5-9-20(16)29-24(25)32)15-10-17(26)22(18(27)11-15)35-12-14-6-2-4-8-19(14)28/h2-11,13,21,23,30H,12H2,1H3,(H,29,32)/t13-,21+,23+,25-/m0/s1. The maximum Gasteiger partial charge on any atom is 0.256 e. The van der Waals surface area contributed by atoms with Crippen molar-refractivity contribution >= 4 is 34.8 Å². The summed E-state index contributed by atoms with van der Waals surface area (Å²) >= 11 is 13.0. The molecular weight excluding hydrogens is 496 g/mol. The number of carbonyl (C=O) groups excluding carboxylic acids is 1. The van der Waals surface area contributed by atoms with E-state index in [0.29, 0.717) is 22.4 Å². The van der Waals surface area contributed by atoms with Crippen LogP contribution in [0.4, 0.5) is 10.1 Å². The van der Waals surface area contributed by atoms with Crippen LogP contribution >= 0.6 is 23.2 Å². The summed E-state index contributed by atoms with van der Waals surface area (Å²) in [6.07, 6.45) is 0. The number of ether oxygens (including phenoxy) is 1. The van der Waals surface area contributed by atoms with E-state index in [1.54, 1.807) is 61.5 Å². The molecule has 2 aliphatic heterocycles. The Bertz CT molecular complexity index is 1330. The van der Waals surface area contributed by atoms with E-state index in [-0.39, 0.29) is 22.4 Å². The highest BCUT2D eigenvalue weighted by Gasteiger charge is 2.67. The molecule has 2 N–H and O–H groups in total. The molecule has 0 saturated carbocycles. The molecule has 3 aromatic carbocycles. The number of hydrogen-bond donors (Lipinski definition) is 2. The molecular formula is C25H20Cl2FN3O4. The Morgan fingerprint density at radius 1 is 1.11 bits per heavy atom. The van der Waals surface area contributed by atoms with Crippen LogP contribution < -0.4 is 15.4 Å². The molecule has 1 amide bonds. The summed E-state index contributed by atoms with van der Waals surface area (Å²) in [6, 6.07) is 14.4. The van der Waals surface area contributed by atoms with E-state index >= 15 is 0 Å². The molecule has 1 spiro atoms. The Kier molecular flexibility index (Phi) is 5.91. The fraction of sp³-hybridized carbons (Fsp3) is 0.240. The quantitative estimate of drug-likeness (QED) is 0.356. The first-order valence-electron chi connectivity index (χ1n) is 10.9. The van der Waals surface area contributed by atoms with Gasteiger partial charge in [-0.05, 0) is 36.8 Å². The van der Waals surface area contributed by atoms with E-state index < -0.39 is 40.2 Å². The van der Waals surface area contributed by atoms with Crippen LogP contribution in [0.15, 0.2) is 60.7 Å². The molecule has 1 saturated heterocycles. The number of nitrogens with zero attached hydrogens (tertiary/aromatic N) is 1.